The van der Waals surface area contributed by atoms with Crippen molar-refractivity contribution in [1.29, 1.82) is 0 Å². The lowest BCUT2D eigenvalue weighted by atomic mass is 9.55. The van der Waals surface area contributed by atoms with Crippen LogP contribution in [0, 0.1) is 5.92 Å². The molecule has 3 fully saturated rings. The smallest absolute Gasteiger partial charge is 0.123 e. The highest BCUT2D eigenvalue weighted by atomic mass is 16.5. The molecule has 2 atom stereocenters. The fourth-order valence-electron chi connectivity index (χ4n) is 6.64. The van der Waals surface area contributed by atoms with Gasteiger partial charge in [-0.2, -0.15) is 0 Å². The number of methoxy groups -OCH3 is 1. The van der Waals surface area contributed by atoms with Crippen LogP contribution in [0.3, 0.4) is 0 Å². The van der Waals surface area contributed by atoms with Gasteiger partial charge in [-0.3, -0.25) is 4.90 Å². The number of hydrogen-bond donors (Lipinski definition) is 1. The molecule has 0 spiro atoms. The molecule has 1 N–H and O–H groups in total. The first-order valence-electron chi connectivity index (χ1n) is 12.4. The molecular weight excluding hydrogens is 404 g/mol. The van der Waals surface area contributed by atoms with Crippen molar-refractivity contribution in [2.75, 3.05) is 20.2 Å². The monoisotopic (exact) mass is 440 g/mol. The van der Waals surface area contributed by atoms with Crippen LogP contribution in [0.5, 0.6) is 5.75 Å². The van der Waals surface area contributed by atoms with Gasteiger partial charge in [0.05, 0.1) is 18.2 Å². The van der Waals surface area contributed by atoms with E-state index in [-0.39, 0.29) is 11.1 Å². The van der Waals surface area contributed by atoms with E-state index >= 15 is 0 Å². The lowest BCUT2D eigenvalue weighted by Gasteiger charge is -2.66. The van der Waals surface area contributed by atoms with Gasteiger partial charge in [0.1, 0.15) is 5.75 Å². The number of aryl methyl sites for hydroxylation is 1. The summed E-state index contributed by atoms with van der Waals surface area (Å²) >= 11 is 0. The normalized spacial score (nSPS) is 28.6. The average Bonchev–Trinajstić information content (AvgIpc) is 2.90. The van der Waals surface area contributed by atoms with Gasteiger partial charge in [-0.1, -0.05) is 79.7 Å². The van der Waals surface area contributed by atoms with Crippen LogP contribution in [0.2, 0.25) is 0 Å². The van der Waals surface area contributed by atoms with E-state index in [9.17, 15) is 0 Å². The van der Waals surface area contributed by atoms with Gasteiger partial charge in [-0.15, -0.1) is 0 Å². The number of rotatable bonds is 7. The predicted octanol–water partition coefficient (Wildman–Crippen LogP) is 5.88. The van der Waals surface area contributed by atoms with E-state index in [0.717, 1.165) is 31.8 Å². The van der Waals surface area contributed by atoms with Crippen molar-refractivity contribution >= 4 is 0 Å². The summed E-state index contributed by atoms with van der Waals surface area (Å²) in [5, 5.41) is 4.19. The zero-order valence-electron chi connectivity index (χ0n) is 20.2. The highest BCUT2D eigenvalue weighted by Crippen LogP contribution is 2.57. The molecule has 0 unspecified atom stereocenters. The minimum Gasteiger partial charge on any atom is -0.496 e. The molecule has 3 aromatic rings. The number of piperidine rings is 3. The van der Waals surface area contributed by atoms with Crippen LogP contribution in [0.15, 0.2) is 78.9 Å². The van der Waals surface area contributed by atoms with Crippen LogP contribution >= 0.6 is 0 Å². The summed E-state index contributed by atoms with van der Waals surface area (Å²) in [7, 11) is 1.78. The SMILES string of the molecule is CCc1ccc(OC)c(CN[C@]2(c3ccccc3)C3CCN(CC3)[C@@]2(C)c2ccccc2)c1. The molecule has 3 aliphatic rings. The Bertz CT molecular complexity index is 1070. The van der Waals surface area contributed by atoms with E-state index in [2.05, 4.69) is 103 Å². The van der Waals surface area contributed by atoms with Crippen LogP contribution in [-0.4, -0.2) is 25.1 Å². The van der Waals surface area contributed by atoms with Gasteiger partial charge in [0.15, 0.2) is 0 Å². The van der Waals surface area contributed by atoms with Gasteiger partial charge in [-0.05, 0) is 68.0 Å². The van der Waals surface area contributed by atoms with Crippen molar-refractivity contribution < 1.29 is 4.74 Å². The first-order chi connectivity index (χ1) is 16.1. The number of hydrogen-bond acceptors (Lipinski definition) is 3. The first kappa shape index (κ1) is 22.2. The Morgan fingerprint density at radius 3 is 2.15 bits per heavy atom. The average molecular weight is 441 g/mol. The Labute approximate surface area is 198 Å². The molecule has 2 bridgehead atoms. The highest BCUT2D eigenvalue weighted by Gasteiger charge is 2.62. The molecule has 3 aliphatic heterocycles. The third kappa shape index (κ3) is 3.50. The molecule has 172 valence electrons. The van der Waals surface area contributed by atoms with Crippen LogP contribution in [-0.2, 0) is 24.0 Å². The topological polar surface area (TPSA) is 24.5 Å². The van der Waals surface area contributed by atoms with E-state index in [4.69, 9.17) is 4.74 Å². The van der Waals surface area contributed by atoms with Gasteiger partial charge >= 0.3 is 0 Å². The molecule has 6 rings (SSSR count). The van der Waals surface area contributed by atoms with Gasteiger partial charge in [0, 0.05) is 12.1 Å². The lowest BCUT2D eigenvalue weighted by molar-refractivity contribution is -0.122. The fraction of sp³-hybridized carbons (Fsp3) is 0.400. The number of nitrogens with zero attached hydrogens (tertiary/aromatic N) is 1. The van der Waals surface area contributed by atoms with Gasteiger partial charge < -0.3 is 10.1 Å². The third-order valence-corrected chi connectivity index (χ3v) is 8.38. The zero-order valence-corrected chi connectivity index (χ0v) is 20.2. The molecule has 3 nitrogen and oxygen atoms in total. The summed E-state index contributed by atoms with van der Waals surface area (Å²) in [6.45, 7) is 7.76. The maximum atomic E-state index is 5.77. The molecule has 3 heterocycles. The Hall–Kier alpha value is -2.62. The van der Waals surface area contributed by atoms with Crippen LogP contribution in [0.1, 0.15) is 48.9 Å². The summed E-state index contributed by atoms with van der Waals surface area (Å²) in [5.74, 6) is 1.53. The summed E-state index contributed by atoms with van der Waals surface area (Å²) in [6, 6.07) is 28.9. The first-order valence-corrected chi connectivity index (χ1v) is 12.4. The molecule has 0 saturated carbocycles. The summed E-state index contributed by atoms with van der Waals surface area (Å²) in [6.07, 6.45) is 3.46. The fourth-order valence-corrected chi connectivity index (χ4v) is 6.64. The number of benzene rings is 3. The van der Waals surface area contributed by atoms with Crippen molar-refractivity contribution in [2.45, 2.75) is 50.7 Å². The minimum atomic E-state index is -0.195. The second-order valence-corrected chi connectivity index (χ2v) is 9.73. The molecule has 3 aromatic carbocycles. The molecule has 3 saturated heterocycles. The zero-order chi connectivity index (χ0) is 22.9. The Kier molecular flexibility index (Phi) is 6.03. The van der Waals surface area contributed by atoms with E-state index in [1.165, 1.54) is 35.1 Å². The molecular formula is C30H36N2O. The van der Waals surface area contributed by atoms with Crippen molar-refractivity contribution in [2.24, 2.45) is 5.92 Å². The molecule has 0 amide bonds. The van der Waals surface area contributed by atoms with Gasteiger partial charge in [-0.25, -0.2) is 0 Å². The maximum Gasteiger partial charge on any atom is 0.123 e. The van der Waals surface area contributed by atoms with Crippen LogP contribution < -0.4 is 10.1 Å². The van der Waals surface area contributed by atoms with Crippen LogP contribution in [0.25, 0.3) is 0 Å². The van der Waals surface area contributed by atoms with Crippen LogP contribution in [0.4, 0.5) is 0 Å². The lowest BCUT2D eigenvalue weighted by Crippen LogP contribution is -2.74. The molecule has 0 aliphatic carbocycles. The molecule has 33 heavy (non-hydrogen) atoms. The van der Waals surface area contributed by atoms with Gasteiger partial charge in [0.2, 0.25) is 0 Å². The standard InChI is InChI=1S/C30H36N2O/c1-4-23-15-16-28(33-3)24(21-23)22-31-30(26-13-9-6-10-14-26)27-17-19-32(20-18-27)29(30,2)25-11-7-5-8-12-25/h5-16,21,27,31H,4,17-20,22H2,1-3H3/t29-,30+/m0/s1. The van der Waals surface area contributed by atoms with Crippen molar-refractivity contribution in [3.8, 4) is 5.75 Å². The van der Waals surface area contributed by atoms with E-state index in [1.807, 2.05) is 0 Å². The molecule has 0 aromatic heterocycles. The highest BCUT2D eigenvalue weighted by molar-refractivity contribution is 5.42. The number of nitrogens with one attached hydrogen (secondary N) is 1. The Balaban J connectivity index is 1.66. The largest absolute Gasteiger partial charge is 0.496 e. The van der Waals surface area contributed by atoms with E-state index in [1.54, 1.807) is 7.11 Å². The Morgan fingerprint density at radius 2 is 1.55 bits per heavy atom. The van der Waals surface area contributed by atoms with Crippen molar-refractivity contribution in [3.05, 3.63) is 101 Å². The Morgan fingerprint density at radius 1 is 0.909 bits per heavy atom. The second-order valence-electron chi connectivity index (χ2n) is 9.73. The predicted molar refractivity (Wildman–Crippen MR) is 135 cm³/mol. The number of fused-ring (bicyclic) bond motifs is 3. The van der Waals surface area contributed by atoms with Crippen molar-refractivity contribution in [1.82, 2.24) is 10.2 Å². The quantitative estimate of drug-likeness (QED) is 0.496. The second kappa shape index (κ2) is 8.96. The van der Waals surface area contributed by atoms with E-state index in [0.29, 0.717) is 5.92 Å². The summed E-state index contributed by atoms with van der Waals surface area (Å²) in [5.41, 5.74) is 5.02. The number of ether oxygens (including phenoxy) is 1. The summed E-state index contributed by atoms with van der Waals surface area (Å²) in [4.78, 5) is 2.72. The molecule has 0 radical (unpaired) electrons. The third-order valence-electron chi connectivity index (χ3n) is 8.38. The summed E-state index contributed by atoms with van der Waals surface area (Å²) < 4.78 is 5.77. The van der Waals surface area contributed by atoms with Crippen molar-refractivity contribution in [3.63, 3.8) is 0 Å². The molecule has 3 heteroatoms. The maximum absolute atomic E-state index is 5.77. The van der Waals surface area contributed by atoms with E-state index < -0.39 is 0 Å². The van der Waals surface area contributed by atoms with Gasteiger partial charge in [0.25, 0.3) is 0 Å². The minimum absolute atomic E-state index is 0.146.